The van der Waals surface area contributed by atoms with Crippen LogP contribution in [-0.4, -0.2) is 26.8 Å². The summed E-state index contributed by atoms with van der Waals surface area (Å²) in [5.41, 5.74) is 0.534. The highest BCUT2D eigenvalue weighted by Crippen LogP contribution is 2.19. The van der Waals surface area contributed by atoms with Crippen LogP contribution in [0.3, 0.4) is 0 Å². The van der Waals surface area contributed by atoms with Gasteiger partial charge in [0.2, 0.25) is 0 Å². The van der Waals surface area contributed by atoms with E-state index < -0.39 is 11.6 Å². The van der Waals surface area contributed by atoms with E-state index in [-0.39, 0.29) is 6.04 Å². The van der Waals surface area contributed by atoms with Crippen LogP contribution in [0.1, 0.15) is 24.4 Å². The van der Waals surface area contributed by atoms with E-state index in [1.807, 2.05) is 6.92 Å². The van der Waals surface area contributed by atoms with E-state index in [0.29, 0.717) is 24.4 Å². The van der Waals surface area contributed by atoms with E-state index in [1.54, 1.807) is 7.05 Å². The molecular weight excluding hydrogens is 252 g/mol. The first-order chi connectivity index (χ1) is 9.08. The number of aryl methyl sites for hydroxylation is 1. The van der Waals surface area contributed by atoms with E-state index in [9.17, 15) is 8.78 Å². The zero-order chi connectivity index (χ0) is 13.8. The number of hydrogen-bond acceptors (Lipinski definition) is 4. The number of nitrogens with zero attached hydrogens (tertiary/aromatic N) is 4. The second-order valence-electron chi connectivity index (χ2n) is 4.21. The lowest BCUT2D eigenvalue weighted by Gasteiger charge is -2.16. The highest BCUT2D eigenvalue weighted by atomic mass is 19.1. The summed E-state index contributed by atoms with van der Waals surface area (Å²) in [6.07, 6.45) is 0.421. The maximum Gasteiger partial charge on any atom is 0.176 e. The van der Waals surface area contributed by atoms with Gasteiger partial charge in [0.25, 0.3) is 0 Å². The van der Waals surface area contributed by atoms with Gasteiger partial charge in [0, 0.05) is 18.5 Å². The van der Waals surface area contributed by atoms with Crippen molar-refractivity contribution < 1.29 is 8.78 Å². The molecular formula is C12H15F2N5. The predicted molar refractivity (Wildman–Crippen MR) is 65.3 cm³/mol. The van der Waals surface area contributed by atoms with E-state index in [1.165, 1.54) is 16.9 Å². The Balaban J connectivity index is 2.23. The Hall–Kier alpha value is -1.89. The summed E-state index contributed by atoms with van der Waals surface area (Å²) in [5.74, 6) is -0.659. The number of tetrazole rings is 1. The highest BCUT2D eigenvalue weighted by molar-refractivity contribution is 5.22. The van der Waals surface area contributed by atoms with Gasteiger partial charge in [-0.15, -0.1) is 10.2 Å². The first kappa shape index (κ1) is 13.5. The number of likely N-dealkylation sites (N-methyl/N-ethyl adjacent to an activating group) is 1. The molecule has 2 aromatic rings. The van der Waals surface area contributed by atoms with Crippen molar-refractivity contribution >= 4 is 0 Å². The van der Waals surface area contributed by atoms with Crippen LogP contribution in [0.25, 0.3) is 0 Å². The number of rotatable bonds is 5. The molecule has 0 radical (unpaired) electrons. The average Bonchev–Trinajstić information content (AvgIpc) is 2.73. The molecule has 0 aliphatic heterocycles. The lowest BCUT2D eigenvalue weighted by molar-refractivity contribution is 0.519. The van der Waals surface area contributed by atoms with Crippen LogP contribution in [0.2, 0.25) is 0 Å². The molecule has 1 aromatic heterocycles. The normalized spacial score (nSPS) is 12.6. The van der Waals surface area contributed by atoms with Crippen molar-refractivity contribution in [3.63, 3.8) is 0 Å². The third-order valence-electron chi connectivity index (χ3n) is 2.67. The summed E-state index contributed by atoms with van der Waals surface area (Å²) in [5, 5.41) is 14.9. The minimum Gasteiger partial charge on any atom is -0.310 e. The zero-order valence-corrected chi connectivity index (χ0v) is 10.8. The molecule has 5 nitrogen and oxygen atoms in total. The molecule has 2 rings (SSSR count). The standard InChI is InChI=1S/C12H15F2N5/c1-3-15-11(7-12-16-18-19(2)17-12)8-4-9(13)6-10(14)5-8/h4-6,11,15H,3,7H2,1-2H3. The highest BCUT2D eigenvalue weighted by Gasteiger charge is 2.16. The van der Waals surface area contributed by atoms with Gasteiger partial charge in [0.15, 0.2) is 5.82 Å². The maximum absolute atomic E-state index is 13.3. The van der Waals surface area contributed by atoms with Crippen LogP contribution in [0, 0.1) is 11.6 Å². The lowest BCUT2D eigenvalue weighted by atomic mass is 10.0. The van der Waals surface area contributed by atoms with Crippen molar-refractivity contribution in [1.82, 2.24) is 25.5 Å². The van der Waals surface area contributed by atoms with E-state index >= 15 is 0 Å². The molecule has 0 saturated carbocycles. The van der Waals surface area contributed by atoms with Gasteiger partial charge in [-0.25, -0.2) is 8.78 Å². The molecule has 7 heteroatoms. The van der Waals surface area contributed by atoms with E-state index in [2.05, 4.69) is 20.7 Å². The van der Waals surface area contributed by atoms with Gasteiger partial charge in [-0.1, -0.05) is 6.92 Å². The van der Waals surface area contributed by atoms with Crippen LogP contribution >= 0.6 is 0 Å². The van der Waals surface area contributed by atoms with Crippen LogP contribution in [0.5, 0.6) is 0 Å². The molecule has 0 aliphatic rings. The van der Waals surface area contributed by atoms with Crippen molar-refractivity contribution in [2.75, 3.05) is 6.54 Å². The molecule has 1 unspecified atom stereocenters. The second kappa shape index (κ2) is 5.83. The molecule has 1 aromatic carbocycles. The van der Waals surface area contributed by atoms with Crippen molar-refractivity contribution in [1.29, 1.82) is 0 Å². The third kappa shape index (κ3) is 3.54. The zero-order valence-electron chi connectivity index (χ0n) is 10.8. The molecule has 1 heterocycles. The molecule has 0 fully saturated rings. The molecule has 0 bridgehead atoms. The van der Waals surface area contributed by atoms with Crippen molar-refractivity contribution in [2.24, 2.45) is 7.05 Å². The fourth-order valence-corrected chi connectivity index (χ4v) is 1.92. The van der Waals surface area contributed by atoms with Crippen LogP contribution in [0.4, 0.5) is 8.78 Å². The van der Waals surface area contributed by atoms with Gasteiger partial charge in [0.05, 0.1) is 7.05 Å². The number of aromatic nitrogens is 4. The molecule has 1 atom stereocenters. The van der Waals surface area contributed by atoms with E-state index in [4.69, 9.17) is 0 Å². The first-order valence-electron chi connectivity index (χ1n) is 6.00. The Morgan fingerprint density at radius 3 is 2.47 bits per heavy atom. The van der Waals surface area contributed by atoms with Crippen molar-refractivity contribution in [3.8, 4) is 0 Å². The summed E-state index contributed by atoms with van der Waals surface area (Å²) in [6.45, 7) is 2.59. The molecule has 0 saturated heterocycles. The van der Waals surface area contributed by atoms with Gasteiger partial charge in [-0.3, -0.25) is 0 Å². The summed E-state index contributed by atoms with van der Waals surface area (Å²) < 4.78 is 26.5. The number of nitrogens with one attached hydrogen (secondary N) is 1. The first-order valence-corrected chi connectivity index (χ1v) is 6.00. The Morgan fingerprint density at radius 2 is 1.95 bits per heavy atom. The molecule has 1 N–H and O–H groups in total. The summed E-state index contributed by atoms with van der Waals surface area (Å²) in [6, 6.07) is 3.23. The van der Waals surface area contributed by atoms with Crippen molar-refractivity contribution in [3.05, 3.63) is 41.2 Å². The van der Waals surface area contributed by atoms with Gasteiger partial charge in [-0.05, 0) is 29.5 Å². The Morgan fingerprint density at radius 1 is 1.26 bits per heavy atom. The lowest BCUT2D eigenvalue weighted by Crippen LogP contribution is -2.23. The van der Waals surface area contributed by atoms with Gasteiger partial charge in [0.1, 0.15) is 11.6 Å². The van der Waals surface area contributed by atoms with Gasteiger partial charge in [-0.2, -0.15) is 4.80 Å². The molecule has 102 valence electrons. The van der Waals surface area contributed by atoms with Crippen LogP contribution in [-0.2, 0) is 13.5 Å². The molecule has 0 spiro atoms. The summed E-state index contributed by atoms with van der Waals surface area (Å²) >= 11 is 0. The summed E-state index contributed by atoms with van der Waals surface area (Å²) in [7, 11) is 1.67. The maximum atomic E-state index is 13.3. The minimum atomic E-state index is -0.593. The van der Waals surface area contributed by atoms with E-state index in [0.717, 1.165) is 6.07 Å². The fourth-order valence-electron chi connectivity index (χ4n) is 1.92. The number of halogens is 2. The number of benzene rings is 1. The second-order valence-corrected chi connectivity index (χ2v) is 4.21. The van der Waals surface area contributed by atoms with Gasteiger partial charge < -0.3 is 5.32 Å². The average molecular weight is 267 g/mol. The van der Waals surface area contributed by atoms with Gasteiger partial charge >= 0.3 is 0 Å². The number of hydrogen-bond donors (Lipinski definition) is 1. The Labute approximate surface area is 109 Å². The molecule has 0 aliphatic carbocycles. The third-order valence-corrected chi connectivity index (χ3v) is 2.67. The van der Waals surface area contributed by atoms with Crippen molar-refractivity contribution in [2.45, 2.75) is 19.4 Å². The van der Waals surface area contributed by atoms with Crippen LogP contribution in [0.15, 0.2) is 18.2 Å². The minimum absolute atomic E-state index is 0.251. The summed E-state index contributed by atoms with van der Waals surface area (Å²) in [4.78, 5) is 1.35. The largest absolute Gasteiger partial charge is 0.310 e. The predicted octanol–water partition coefficient (Wildman–Crippen LogP) is 1.38. The Bertz CT molecular complexity index is 535. The van der Waals surface area contributed by atoms with Crippen LogP contribution < -0.4 is 5.32 Å². The topological polar surface area (TPSA) is 55.6 Å². The Kier molecular flexibility index (Phi) is 4.16. The SMILES string of the molecule is CCNC(Cc1nnn(C)n1)c1cc(F)cc(F)c1. The monoisotopic (exact) mass is 267 g/mol. The quantitative estimate of drug-likeness (QED) is 0.889. The molecule has 0 amide bonds. The molecule has 19 heavy (non-hydrogen) atoms. The smallest absolute Gasteiger partial charge is 0.176 e. The fraction of sp³-hybridized carbons (Fsp3) is 0.417.